The zero-order valence-electron chi connectivity index (χ0n) is 9.60. The second-order valence-electron chi connectivity index (χ2n) is 4.01. The molecule has 0 saturated heterocycles. The topological polar surface area (TPSA) is 63.3 Å². The van der Waals surface area contributed by atoms with Gasteiger partial charge in [0.1, 0.15) is 6.10 Å². The van der Waals surface area contributed by atoms with E-state index in [2.05, 4.69) is 0 Å². The van der Waals surface area contributed by atoms with Gasteiger partial charge in [0.05, 0.1) is 0 Å². The van der Waals surface area contributed by atoms with Crippen molar-refractivity contribution in [3.8, 4) is 0 Å². The van der Waals surface area contributed by atoms with E-state index in [1.165, 1.54) is 0 Å². The Kier molecular flexibility index (Phi) is 5.15. The first-order valence-electron chi connectivity index (χ1n) is 5.65. The predicted octanol–water partition coefficient (Wildman–Crippen LogP) is 1.29. The molecule has 3 nitrogen and oxygen atoms in total. The zero-order valence-corrected chi connectivity index (χ0v) is 9.60. The maximum absolute atomic E-state index is 11.4. The third kappa shape index (κ3) is 3.76. The van der Waals surface area contributed by atoms with Crippen molar-refractivity contribution in [2.24, 2.45) is 5.73 Å². The molecular weight excluding hydrogens is 202 g/mol. The van der Waals surface area contributed by atoms with Crippen LogP contribution in [0.4, 0.5) is 0 Å². The molecule has 2 atom stereocenters. The first-order chi connectivity index (χ1) is 7.65. The number of hydrogen-bond donors (Lipinski definition) is 2. The molecule has 0 bridgehead atoms. The molecule has 0 saturated carbocycles. The van der Waals surface area contributed by atoms with Gasteiger partial charge in [-0.25, -0.2) is 0 Å². The average Bonchev–Trinajstić information content (AvgIpc) is 2.29. The lowest BCUT2D eigenvalue weighted by molar-refractivity contribution is -0.128. The summed E-state index contributed by atoms with van der Waals surface area (Å²) in [6, 6.07) is 9.13. The lowest BCUT2D eigenvalue weighted by atomic mass is 9.98. The number of aliphatic hydroxyl groups is 1. The van der Waals surface area contributed by atoms with Gasteiger partial charge in [0, 0.05) is 12.5 Å². The number of carbonyl (C=O) groups excluding carboxylic acids is 1. The Balaban J connectivity index is 2.52. The molecule has 3 N–H and O–H groups in total. The summed E-state index contributed by atoms with van der Waals surface area (Å²) in [6.07, 6.45) is 0.620. The number of nitrogens with two attached hydrogens (primary N) is 1. The second-order valence-corrected chi connectivity index (χ2v) is 4.01. The Bertz CT molecular complexity index is 324. The fourth-order valence-corrected chi connectivity index (χ4v) is 1.63. The number of hydrogen-bond acceptors (Lipinski definition) is 3. The third-order valence-electron chi connectivity index (χ3n) is 2.55. The van der Waals surface area contributed by atoms with E-state index >= 15 is 0 Å². The summed E-state index contributed by atoms with van der Waals surface area (Å²) in [7, 11) is 0. The molecule has 0 amide bonds. The lowest BCUT2D eigenvalue weighted by Crippen LogP contribution is -2.41. The van der Waals surface area contributed by atoms with Gasteiger partial charge in [-0.3, -0.25) is 4.79 Å². The highest BCUT2D eigenvalue weighted by atomic mass is 16.3. The number of ketones is 1. The van der Waals surface area contributed by atoms with Gasteiger partial charge in [-0.05, 0) is 18.4 Å². The van der Waals surface area contributed by atoms with E-state index in [1.807, 2.05) is 37.3 Å². The molecule has 0 aliphatic rings. The van der Waals surface area contributed by atoms with Crippen LogP contribution in [-0.2, 0) is 11.2 Å². The van der Waals surface area contributed by atoms with Crippen molar-refractivity contribution >= 4 is 5.78 Å². The maximum atomic E-state index is 11.4. The number of rotatable bonds is 6. The highest BCUT2D eigenvalue weighted by molar-refractivity contribution is 5.83. The van der Waals surface area contributed by atoms with Crippen molar-refractivity contribution < 1.29 is 9.90 Å². The highest BCUT2D eigenvalue weighted by Crippen LogP contribution is 2.07. The molecule has 0 heterocycles. The minimum atomic E-state index is -1.04. The Morgan fingerprint density at radius 3 is 2.56 bits per heavy atom. The number of benzene rings is 1. The van der Waals surface area contributed by atoms with Crippen LogP contribution < -0.4 is 5.73 Å². The number of aliphatic hydroxyl groups excluding tert-OH is 1. The third-order valence-corrected chi connectivity index (χ3v) is 2.55. The molecule has 0 aliphatic carbocycles. The summed E-state index contributed by atoms with van der Waals surface area (Å²) < 4.78 is 0. The van der Waals surface area contributed by atoms with Gasteiger partial charge in [0.15, 0.2) is 5.78 Å². The Morgan fingerprint density at radius 2 is 2.00 bits per heavy atom. The molecule has 0 aliphatic heterocycles. The summed E-state index contributed by atoms with van der Waals surface area (Å²) >= 11 is 0. The summed E-state index contributed by atoms with van der Waals surface area (Å²) in [6.45, 7) is 1.91. The van der Waals surface area contributed by atoms with Crippen LogP contribution in [0.1, 0.15) is 25.3 Å². The van der Waals surface area contributed by atoms with E-state index in [9.17, 15) is 9.90 Å². The molecule has 0 spiro atoms. The number of Topliss-reactive ketones (excluding diaryl/α,β-unsaturated/α-hetero) is 1. The van der Waals surface area contributed by atoms with Gasteiger partial charge in [0.25, 0.3) is 0 Å². The molecule has 0 aromatic heterocycles. The minimum Gasteiger partial charge on any atom is -0.384 e. The smallest absolute Gasteiger partial charge is 0.162 e. The Hall–Kier alpha value is -1.19. The molecule has 16 heavy (non-hydrogen) atoms. The van der Waals surface area contributed by atoms with Crippen LogP contribution in [0.3, 0.4) is 0 Å². The summed E-state index contributed by atoms with van der Waals surface area (Å²) in [5, 5.41) is 9.70. The molecule has 0 fully saturated rings. The molecular formula is C13H19NO2. The molecule has 1 unspecified atom stereocenters. The van der Waals surface area contributed by atoms with Crippen LogP contribution in [0.2, 0.25) is 0 Å². The van der Waals surface area contributed by atoms with E-state index in [0.717, 1.165) is 12.0 Å². The molecule has 0 radical (unpaired) electrons. The number of carbonyl (C=O) groups is 1. The predicted molar refractivity (Wildman–Crippen MR) is 64.0 cm³/mol. The molecule has 1 rings (SSSR count). The summed E-state index contributed by atoms with van der Waals surface area (Å²) in [5.74, 6) is -0.161. The lowest BCUT2D eigenvalue weighted by Gasteiger charge is -2.17. The summed E-state index contributed by atoms with van der Waals surface area (Å²) in [4.78, 5) is 11.4. The highest BCUT2D eigenvalue weighted by Gasteiger charge is 2.21. The fraction of sp³-hybridized carbons (Fsp3) is 0.462. The zero-order chi connectivity index (χ0) is 12.0. The van der Waals surface area contributed by atoms with Crippen molar-refractivity contribution in [1.82, 2.24) is 0 Å². The Labute approximate surface area is 96.3 Å². The van der Waals surface area contributed by atoms with E-state index in [-0.39, 0.29) is 5.78 Å². The molecule has 88 valence electrons. The van der Waals surface area contributed by atoms with Crippen LogP contribution >= 0.6 is 0 Å². The normalized spacial score (nSPS) is 14.4. The molecule has 1 aromatic carbocycles. The van der Waals surface area contributed by atoms with E-state index in [1.54, 1.807) is 0 Å². The van der Waals surface area contributed by atoms with Gasteiger partial charge in [-0.15, -0.1) is 0 Å². The van der Waals surface area contributed by atoms with Crippen LogP contribution in [0, 0.1) is 0 Å². The van der Waals surface area contributed by atoms with E-state index in [4.69, 9.17) is 5.73 Å². The van der Waals surface area contributed by atoms with Crippen LogP contribution in [-0.4, -0.2) is 23.0 Å². The molecule has 1 aromatic rings. The first-order valence-corrected chi connectivity index (χ1v) is 5.65. The average molecular weight is 221 g/mol. The van der Waals surface area contributed by atoms with Gasteiger partial charge < -0.3 is 10.8 Å². The van der Waals surface area contributed by atoms with Crippen LogP contribution in [0.25, 0.3) is 0 Å². The van der Waals surface area contributed by atoms with Crippen molar-refractivity contribution in [2.45, 2.75) is 38.3 Å². The van der Waals surface area contributed by atoms with Gasteiger partial charge >= 0.3 is 0 Å². The van der Waals surface area contributed by atoms with Crippen molar-refractivity contribution in [3.05, 3.63) is 35.9 Å². The monoisotopic (exact) mass is 221 g/mol. The fourth-order valence-electron chi connectivity index (χ4n) is 1.63. The SMILES string of the molecule is CCCC(=O)C(O)[C@@H](N)Cc1ccccc1. The van der Waals surface area contributed by atoms with E-state index in [0.29, 0.717) is 12.8 Å². The largest absolute Gasteiger partial charge is 0.384 e. The van der Waals surface area contributed by atoms with E-state index < -0.39 is 12.1 Å². The van der Waals surface area contributed by atoms with Gasteiger partial charge in [-0.1, -0.05) is 37.3 Å². The standard InChI is InChI=1S/C13H19NO2/c1-2-6-12(15)13(16)11(14)9-10-7-4-3-5-8-10/h3-5,7-8,11,13,16H,2,6,9,14H2,1H3/t11-,13?/m0/s1. The second kappa shape index (κ2) is 6.40. The quantitative estimate of drug-likeness (QED) is 0.760. The molecule has 3 heteroatoms. The van der Waals surface area contributed by atoms with Gasteiger partial charge in [-0.2, -0.15) is 0 Å². The maximum Gasteiger partial charge on any atom is 0.162 e. The minimum absolute atomic E-state index is 0.161. The van der Waals surface area contributed by atoms with Crippen molar-refractivity contribution in [3.63, 3.8) is 0 Å². The Morgan fingerprint density at radius 1 is 1.38 bits per heavy atom. The van der Waals surface area contributed by atoms with Crippen LogP contribution in [0.15, 0.2) is 30.3 Å². The van der Waals surface area contributed by atoms with Crippen molar-refractivity contribution in [1.29, 1.82) is 0 Å². The van der Waals surface area contributed by atoms with Crippen LogP contribution in [0.5, 0.6) is 0 Å². The first kappa shape index (κ1) is 12.9. The summed E-state index contributed by atoms with van der Waals surface area (Å²) in [5.41, 5.74) is 6.85. The van der Waals surface area contributed by atoms with Crippen molar-refractivity contribution in [2.75, 3.05) is 0 Å². The van der Waals surface area contributed by atoms with Gasteiger partial charge in [0.2, 0.25) is 0 Å².